The maximum atomic E-state index is 10.3. The van der Waals surface area contributed by atoms with Gasteiger partial charge in [0.2, 0.25) is 0 Å². The number of benzene rings is 1. The Morgan fingerprint density at radius 3 is 2.83 bits per heavy atom. The molecule has 0 saturated carbocycles. The van der Waals surface area contributed by atoms with E-state index in [1.807, 2.05) is 24.3 Å². The van der Waals surface area contributed by atoms with Gasteiger partial charge in [0.25, 0.3) is 0 Å². The number of aromatic nitrogens is 1. The van der Waals surface area contributed by atoms with E-state index >= 15 is 0 Å². The van der Waals surface area contributed by atoms with Crippen molar-refractivity contribution in [1.82, 2.24) is 4.98 Å². The summed E-state index contributed by atoms with van der Waals surface area (Å²) in [7, 11) is 0. The lowest BCUT2D eigenvalue weighted by Crippen LogP contribution is -2.27. The van der Waals surface area contributed by atoms with Gasteiger partial charge in [0.15, 0.2) is 0 Å². The number of nitrogens with two attached hydrogens (primary N) is 1. The maximum absolute atomic E-state index is 10.3. The predicted octanol–water partition coefficient (Wildman–Crippen LogP) is 2.82. The second kappa shape index (κ2) is 3.69. The Bertz CT molecular complexity index is 619. The van der Waals surface area contributed by atoms with E-state index in [0.29, 0.717) is 5.69 Å². The lowest BCUT2D eigenvalue weighted by molar-refractivity contribution is 0.0992. The molecular weight excluding hydrogens is 224 g/mol. The fraction of sp³-hybridized carbons (Fsp3) is 0.400. The fourth-order valence-corrected chi connectivity index (χ4v) is 2.96. The highest BCUT2D eigenvalue weighted by Gasteiger charge is 2.34. The Labute approximate surface area is 107 Å². The molecule has 3 N–H and O–H groups in total. The van der Waals surface area contributed by atoms with Crippen LogP contribution in [0, 0.1) is 5.41 Å². The molecular formula is C15H18N2O. The number of para-hydroxylation sites is 1. The molecule has 0 radical (unpaired) electrons. The van der Waals surface area contributed by atoms with Crippen LogP contribution in [0.25, 0.3) is 10.9 Å². The molecule has 3 nitrogen and oxygen atoms in total. The highest BCUT2D eigenvalue weighted by atomic mass is 16.3. The molecule has 0 spiro atoms. The lowest BCUT2D eigenvalue weighted by atomic mass is 9.74. The minimum atomic E-state index is -0.499. The van der Waals surface area contributed by atoms with Crippen LogP contribution in [0.5, 0.6) is 0 Å². The van der Waals surface area contributed by atoms with Crippen LogP contribution in [-0.4, -0.2) is 10.1 Å². The van der Waals surface area contributed by atoms with E-state index in [0.717, 1.165) is 35.0 Å². The minimum Gasteiger partial charge on any atom is -0.398 e. The Balaban J connectivity index is 2.30. The molecule has 1 atom stereocenters. The summed E-state index contributed by atoms with van der Waals surface area (Å²) in [5.74, 6) is 0. The SMILES string of the molecule is CC1(C)Cc2nc3ccccc3c(N)c2[C@H](O)C1. The van der Waals surface area contributed by atoms with Crippen LogP contribution < -0.4 is 5.73 Å². The minimum absolute atomic E-state index is 0.0777. The van der Waals surface area contributed by atoms with Gasteiger partial charge < -0.3 is 10.8 Å². The highest BCUT2D eigenvalue weighted by molar-refractivity contribution is 5.92. The largest absolute Gasteiger partial charge is 0.398 e. The highest BCUT2D eigenvalue weighted by Crippen LogP contribution is 2.43. The second-order valence-corrected chi connectivity index (χ2v) is 5.96. The van der Waals surface area contributed by atoms with Gasteiger partial charge in [-0.1, -0.05) is 32.0 Å². The first kappa shape index (κ1) is 11.5. The van der Waals surface area contributed by atoms with Gasteiger partial charge in [-0.15, -0.1) is 0 Å². The van der Waals surface area contributed by atoms with Crippen molar-refractivity contribution in [2.45, 2.75) is 32.8 Å². The smallest absolute Gasteiger partial charge is 0.0833 e. The van der Waals surface area contributed by atoms with Crippen LogP contribution in [-0.2, 0) is 6.42 Å². The van der Waals surface area contributed by atoms with Crippen molar-refractivity contribution in [1.29, 1.82) is 0 Å². The lowest BCUT2D eigenvalue weighted by Gasteiger charge is -2.34. The summed E-state index contributed by atoms with van der Waals surface area (Å²) in [6.45, 7) is 4.32. The molecule has 0 amide bonds. The summed E-state index contributed by atoms with van der Waals surface area (Å²) in [5, 5.41) is 11.3. The van der Waals surface area contributed by atoms with Crippen molar-refractivity contribution >= 4 is 16.6 Å². The second-order valence-electron chi connectivity index (χ2n) is 5.96. The standard InChI is InChI=1S/C15H18N2O/c1-15(2)7-11-13(12(18)8-15)14(16)9-5-3-4-6-10(9)17-11/h3-6,12,18H,7-8H2,1-2H3,(H2,16,17)/t12-/m1/s1. The monoisotopic (exact) mass is 242 g/mol. The molecule has 2 aromatic rings. The maximum Gasteiger partial charge on any atom is 0.0833 e. The van der Waals surface area contributed by atoms with Crippen molar-refractivity contribution < 1.29 is 5.11 Å². The van der Waals surface area contributed by atoms with Crippen molar-refractivity contribution in [2.24, 2.45) is 5.41 Å². The van der Waals surface area contributed by atoms with E-state index in [1.165, 1.54) is 0 Å². The average molecular weight is 242 g/mol. The van der Waals surface area contributed by atoms with Crippen molar-refractivity contribution in [2.75, 3.05) is 5.73 Å². The molecule has 1 aromatic heterocycles. The predicted molar refractivity (Wildman–Crippen MR) is 73.2 cm³/mol. The summed E-state index contributed by atoms with van der Waals surface area (Å²) in [5.41, 5.74) is 9.70. The number of fused-ring (bicyclic) bond motifs is 2. The van der Waals surface area contributed by atoms with Gasteiger partial charge in [0.05, 0.1) is 11.6 Å². The van der Waals surface area contributed by atoms with Gasteiger partial charge in [0.1, 0.15) is 0 Å². The van der Waals surface area contributed by atoms with Crippen LogP contribution >= 0.6 is 0 Å². The van der Waals surface area contributed by atoms with E-state index in [1.54, 1.807) is 0 Å². The van der Waals surface area contributed by atoms with E-state index in [4.69, 9.17) is 5.73 Å². The van der Waals surface area contributed by atoms with E-state index in [-0.39, 0.29) is 5.41 Å². The molecule has 1 aliphatic rings. The number of aliphatic hydroxyl groups excluding tert-OH is 1. The molecule has 1 aromatic carbocycles. The number of hydrogen-bond donors (Lipinski definition) is 2. The summed E-state index contributed by atoms with van der Waals surface area (Å²) >= 11 is 0. The molecule has 0 fully saturated rings. The van der Waals surface area contributed by atoms with Crippen LogP contribution in [0.3, 0.4) is 0 Å². The van der Waals surface area contributed by atoms with Gasteiger partial charge >= 0.3 is 0 Å². The number of aliphatic hydroxyl groups is 1. The molecule has 0 bridgehead atoms. The molecule has 18 heavy (non-hydrogen) atoms. The molecule has 1 aliphatic carbocycles. The third-order valence-corrected chi connectivity index (χ3v) is 3.78. The zero-order valence-electron chi connectivity index (χ0n) is 10.8. The first-order valence-electron chi connectivity index (χ1n) is 6.33. The number of hydrogen-bond acceptors (Lipinski definition) is 3. The summed E-state index contributed by atoms with van der Waals surface area (Å²) in [6.07, 6.45) is 1.11. The number of anilines is 1. The number of pyridine rings is 1. The third-order valence-electron chi connectivity index (χ3n) is 3.78. The Kier molecular flexibility index (Phi) is 2.35. The van der Waals surface area contributed by atoms with Crippen LogP contribution in [0.2, 0.25) is 0 Å². The van der Waals surface area contributed by atoms with Gasteiger partial charge in [-0.25, -0.2) is 0 Å². The molecule has 1 heterocycles. The summed E-state index contributed by atoms with van der Waals surface area (Å²) in [4.78, 5) is 4.68. The molecule has 3 rings (SSSR count). The first-order valence-corrected chi connectivity index (χ1v) is 6.33. The molecule has 3 heteroatoms. The topological polar surface area (TPSA) is 59.1 Å². The van der Waals surface area contributed by atoms with E-state index in [2.05, 4.69) is 18.8 Å². The number of rotatable bonds is 0. The summed E-state index contributed by atoms with van der Waals surface area (Å²) in [6, 6.07) is 7.85. The van der Waals surface area contributed by atoms with Gasteiger partial charge in [-0.05, 0) is 24.3 Å². The van der Waals surface area contributed by atoms with Crippen molar-refractivity contribution in [3.8, 4) is 0 Å². The Morgan fingerprint density at radius 2 is 2.06 bits per heavy atom. The van der Waals surface area contributed by atoms with E-state index < -0.39 is 6.10 Å². The van der Waals surface area contributed by atoms with Crippen LogP contribution in [0.1, 0.15) is 37.6 Å². The molecule has 94 valence electrons. The van der Waals surface area contributed by atoms with Crippen molar-refractivity contribution in [3.05, 3.63) is 35.5 Å². The zero-order chi connectivity index (χ0) is 12.9. The average Bonchev–Trinajstić information content (AvgIpc) is 2.26. The normalized spacial score (nSPS) is 21.8. The third kappa shape index (κ3) is 1.66. The Morgan fingerprint density at radius 1 is 1.33 bits per heavy atom. The van der Waals surface area contributed by atoms with Crippen LogP contribution in [0.15, 0.2) is 24.3 Å². The van der Waals surface area contributed by atoms with Crippen LogP contribution in [0.4, 0.5) is 5.69 Å². The van der Waals surface area contributed by atoms with Gasteiger partial charge in [-0.2, -0.15) is 0 Å². The van der Waals surface area contributed by atoms with E-state index in [9.17, 15) is 5.11 Å². The quantitative estimate of drug-likeness (QED) is 0.746. The van der Waals surface area contributed by atoms with Crippen molar-refractivity contribution in [3.63, 3.8) is 0 Å². The van der Waals surface area contributed by atoms with Gasteiger partial charge in [0, 0.05) is 22.3 Å². The summed E-state index contributed by atoms with van der Waals surface area (Å²) < 4.78 is 0. The Hall–Kier alpha value is -1.61. The van der Waals surface area contributed by atoms with Gasteiger partial charge in [-0.3, -0.25) is 4.98 Å². The zero-order valence-corrected chi connectivity index (χ0v) is 10.8. The molecule has 0 aliphatic heterocycles. The molecule has 0 saturated heterocycles. The number of nitrogens with zero attached hydrogens (tertiary/aromatic N) is 1. The fourth-order valence-electron chi connectivity index (χ4n) is 2.96. The first-order chi connectivity index (χ1) is 8.48. The number of nitrogen functional groups attached to an aromatic ring is 1. The molecule has 0 unspecified atom stereocenters.